The maximum Gasteiger partial charge on any atom is 0.313 e. The van der Waals surface area contributed by atoms with Crippen molar-refractivity contribution >= 4 is 17.5 Å². The van der Waals surface area contributed by atoms with Crippen molar-refractivity contribution in [2.45, 2.75) is 45.6 Å². The van der Waals surface area contributed by atoms with E-state index in [1.54, 1.807) is 6.07 Å². The van der Waals surface area contributed by atoms with E-state index < -0.39 is 11.8 Å². The summed E-state index contributed by atoms with van der Waals surface area (Å²) in [6.45, 7) is 4.42. The number of amides is 2. The third-order valence-electron chi connectivity index (χ3n) is 4.34. The second-order valence-electron chi connectivity index (χ2n) is 5.92. The Balaban J connectivity index is 1.87. The summed E-state index contributed by atoms with van der Waals surface area (Å²) in [7, 11) is 0. The molecule has 5 nitrogen and oxygen atoms in total. The highest BCUT2D eigenvalue weighted by molar-refractivity contribution is 6.39. The molecule has 0 aliphatic heterocycles. The Morgan fingerprint density at radius 3 is 2.68 bits per heavy atom. The number of hydrogen-bond acceptors (Lipinski definition) is 3. The molecule has 0 heterocycles. The molecule has 3 N–H and O–H groups in total. The van der Waals surface area contributed by atoms with E-state index in [0.29, 0.717) is 12.2 Å². The molecule has 2 atom stereocenters. The second-order valence-corrected chi connectivity index (χ2v) is 5.92. The van der Waals surface area contributed by atoms with Crippen LogP contribution in [0.1, 0.15) is 37.3 Å². The maximum absolute atomic E-state index is 11.9. The number of aliphatic hydroxyl groups is 1. The first-order chi connectivity index (χ1) is 10.5. The number of aliphatic hydroxyl groups excluding tert-OH is 1. The molecule has 0 aromatic heterocycles. The number of carbonyl (C=O) groups excluding carboxylic acids is 2. The van der Waals surface area contributed by atoms with E-state index >= 15 is 0 Å². The van der Waals surface area contributed by atoms with Gasteiger partial charge in [0.05, 0.1) is 6.10 Å². The average molecular weight is 304 g/mol. The second kappa shape index (κ2) is 7.40. The summed E-state index contributed by atoms with van der Waals surface area (Å²) in [5, 5.41) is 14.9. The summed E-state index contributed by atoms with van der Waals surface area (Å²) < 4.78 is 0. The van der Waals surface area contributed by atoms with Gasteiger partial charge in [0.1, 0.15) is 0 Å². The monoisotopic (exact) mass is 304 g/mol. The van der Waals surface area contributed by atoms with Crippen molar-refractivity contribution in [2.75, 3.05) is 11.9 Å². The summed E-state index contributed by atoms with van der Waals surface area (Å²) in [5.41, 5.74) is 2.94. The zero-order valence-corrected chi connectivity index (χ0v) is 13.2. The van der Waals surface area contributed by atoms with Gasteiger partial charge in [-0.3, -0.25) is 9.59 Å². The largest absolute Gasteiger partial charge is 0.393 e. The minimum absolute atomic E-state index is 0.0582. The number of rotatable bonds is 4. The summed E-state index contributed by atoms with van der Waals surface area (Å²) in [5.74, 6) is -1.26. The maximum atomic E-state index is 11.9. The zero-order valence-electron chi connectivity index (χ0n) is 13.2. The lowest BCUT2D eigenvalue weighted by Crippen LogP contribution is -2.39. The molecule has 0 bridgehead atoms. The normalized spacial score (nSPS) is 20.7. The van der Waals surface area contributed by atoms with Gasteiger partial charge in [0.15, 0.2) is 0 Å². The average Bonchev–Trinajstić information content (AvgIpc) is 2.91. The van der Waals surface area contributed by atoms with Gasteiger partial charge in [-0.15, -0.1) is 0 Å². The molecule has 0 radical (unpaired) electrons. The fourth-order valence-corrected chi connectivity index (χ4v) is 2.88. The summed E-state index contributed by atoms with van der Waals surface area (Å²) in [6, 6.07) is 5.61. The van der Waals surface area contributed by atoms with Gasteiger partial charge >= 0.3 is 11.8 Å². The lowest BCUT2D eigenvalue weighted by atomic mass is 10.1. The number of nitrogens with one attached hydrogen (secondary N) is 2. The molecule has 5 heteroatoms. The van der Waals surface area contributed by atoms with Gasteiger partial charge in [-0.2, -0.15) is 0 Å². The molecule has 1 aliphatic carbocycles. The predicted molar refractivity (Wildman–Crippen MR) is 85.5 cm³/mol. The van der Waals surface area contributed by atoms with Crippen molar-refractivity contribution in [3.8, 4) is 0 Å². The summed E-state index contributed by atoms with van der Waals surface area (Å²) >= 11 is 0. The van der Waals surface area contributed by atoms with Crippen molar-refractivity contribution in [3.63, 3.8) is 0 Å². The van der Waals surface area contributed by atoms with E-state index in [-0.39, 0.29) is 12.0 Å². The molecule has 2 rings (SSSR count). The standard InChI is InChI=1S/C17H24N2O3/c1-3-12-9-14(8-7-11(12)2)19-17(22)16(21)18-10-13-5-4-6-15(13)20/h7-9,13,15,20H,3-6,10H2,1-2H3,(H,18,21)(H,19,22). The third kappa shape index (κ3) is 4.07. The van der Waals surface area contributed by atoms with Gasteiger partial charge in [-0.25, -0.2) is 0 Å². The zero-order chi connectivity index (χ0) is 16.1. The van der Waals surface area contributed by atoms with Gasteiger partial charge in [0.2, 0.25) is 0 Å². The first-order valence-corrected chi connectivity index (χ1v) is 7.88. The molecule has 2 unspecified atom stereocenters. The van der Waals surface area contributed by atoms with E-state index in [0.717, 1.165) is 31.2 Å². The van der Waals surface area contributed by atoms with Crippen LogP contribution in [0.4, 0.5) is 5.69 Å². The molecular weight excluding hydrogens is 280 g/mol. The Morgan fingerprint density at radius 2 is 2.05 bits per heavy atom. The molecule has 1 fully saturated rings. The van der Waals surface area contributed by atoms with Gasteiger partial charge in [0.25, 0.3) is 0 Å². The Hall–Kier alpha value is -1.88. The number of hydrogen-bond donors (Lipinski definition) is 3. The van der Waals surface area contributed by atoms with E-state index in [9.17, 15) is 14.7 Å². The van der Waals surface area contributed by atoms with Crippen LogP contribution in [0.15, 0.2) is 18.2 Å². The summed E-state index contributed by atoms with van der Waals surface area (Å²) in [4.78, 5) is 23.7. The first-order valence-electron chi connectivity index (χ1n) is 7.88. The quantitative estimate of drug-likeness (QED) is 0.742. The van der Waals surface area contributed by atoms with Gasteiger partial charge in [-0.05, 0) is 49.4 Å². The first kappa shape index (κ1) is 16.5. The van der Waals surface area contributed by atoms with Crippen LogP contribution in [-0.4, -0.2) is 29.6 Å². The lowest BCUT2D eigenvalue weighted by Gasteiger charge is -2.15. The predicted octanol–water partition coefficient (Wildman–Crippen LogP) is 1.77. The van der Waals surface area contributed by atoms with Crippen molar-refractivity contribution < 1.29 is 14.7 Å². The Kier molecular flexibility index (Phi) is 5.55. The van der Waals surface area contributed by atoms with Crippen molar-refractivity contribution in [3.05, 3.63) is 29.3 Å². The molecule has 1 aromatic rings. The number of aryl methyl sites for hydroxylation is 2. The van der Waals surface area contributed by atoms with Crippen LogP contribution in [-0.2, 0) is 16.0 Å². The minimum Gasteiger partial charge on any atom is -0.393 e. The van der Waals surface area contributed by atoms with Crippen LogP contribution in [0, 0.1) is 12.8 Å². The molecule has 1 aromatic carbocycles. The van der Waals surface area contributed by atoms with Crippen molar-refractivity contribution in [1.82, 2.24) is 5.32 Å². The Labute approximate surface area is 131 Å². The minimum atomic E-state index is -0.668. The van der Waals surface area contributed by atoms with Crippen LogP contribution in [0.5, 0.6) is 0 Å². The SMILES string of the molecule is CCc1cc(NC(=O)C(=O)NCC2CCCC2O)ccc1C. The number of benzene rings is 1. The topological polar surface area (TPSA) is 78.4 Å². The van der Waals surface area contributed by atoms with E-state index in [1.807, 2.05) is 26.0 Å². The van der Waals surface area contributed by atoms with Crippen LogP contribution in [0.3, 0.4) is 0 Å². The highest BCUT2D eigenvalue weighted by Gasteiger charge is 2.26. The van der Waals surface area contributed by atoms with E-state index in [4.69, 9.17) is 0 Å². The molecule has 1 aliphatic rings. The fourth-order valence-electron chi connectivity index (χ4n) is 2.88. The lowest BCUT2D eigenvalue weighted by molar-refractivity contribution is -0.136. The molecule has 0 saturated heterocycles. The molecule has 1 saturated carbocycles. The van der Waals surface area contributed by atoms with Crippen LogP contribution in [0.25, 0.3) is 0 Å². The molecule has 22 heavy (non-hydrogen) atoms. The molecular formula is C17H24N2O3. The molecule has 0 spiro atoms. The number of carbonyl (C=O) groups is 2. The van der Waals surface area contributed by atoms with Crippen LogP contribution >= 0.6 is 0 Å². The van der Waals surface area contributed by atoms with E-state index in [1.165, 1.54) is 5.56 Å². The number of anilines is 1. The summed E-state index contributed by atoms with van der Waals surface area (Å²) in [6.07, 6.45) is 3.14. The molecule has 2 amide bonds. The van der Waals surface area contributed by atoms with Crippen molar-refractivity contribution in [1.29, 1.82) is 0 Å². The Morgan fingerprint density at radius 1 is 1.27 bits per heavy atom. The smallest absolute Gasteiger partial charge is 0.313 e. The van der Waals surface area contributed by atoms with Crippen LogP contribution < -0.4 is 10.6 Å². The highest BCUT2D eigenvalue weighted by atomic mass is 16.3. The van der Waals surface area contributed by atoms with Crippen LogP contribution in [0.2, 0.25) is 0 Å². The fraction of sp³-hybridized carbons (Fsp3) is 0.529. The Bertz CT molecular complexity index is 557. The van der Waals surface area contributed by atoms with Gasteiger partial charge in [-0.1, -0.05) is 19.4 Å². The highest BCUT2D eigenvalue weighted by Crippen LogP contribution is 2.24. The van der Waals surface area contributed by atoms with Crippen molar-refractivity contribution in [2.24, 2.45) is 5.92 Å². The molecule has 120 valence electrons. The van der Waals surface area contributed by atoms with E-state index in [2.05, 4.69) is 10.6 Å². The van der Waals surface area contributed by atoms with Gasteiger partial charge < -0.3 is 15.7 Å². The van der Waals surface area contributed by atoms with Gasteiger partial charge in [0, 0.05) is 18.2 Å². The third-order valence-corrected chi connectivity index (χ3v) is 4.34.